The summed E-state index contributed by atoms with van der Waals surface area (Å²) in [5, 5.41) is 12.4. The maximum atomic E-state index is 12.1. The molecule has 1 saturated heterocycles. The Morgan fingerprint density at radius 3 is 3.00 bits per heavy atom. The van der Waals surface area contributed by atoms with Gasteiger partial charge in [0.25, 0.3) is 0 Å². The summed E-state index contributed by atoms with van der Waals surface area (Å²) in [6.07, 6.45) is 5.48. The number of hydrogen-bond donors (Lipinski definition) is 3. The first kappa shape index (κ1) is 14.6. The van der Waals surface area contributed by atoms with Crippen LogP contribution in [0, 0.1) is 0 Å². The molecule has 3 N–H and O–H groups in total. The predicted octanol–water partition coefficient (Wildman–Crippen LogP) is 2.01. The molecule has 2 aromatic heterocycles. The third-order valence-corrected chi connectivity index (χ3v) is 3.39. The van der Waals surface area contributed by atoms with Crippen LogP contribution in [-0.2, 0) is 0 Å². The molecule has 0 aliphatic carbocycles. The first-order valence-corrected chi connectivity index (χ1v) is 7.00. The maximum Gasteiger partial charge on any atom is 0.388 e. The van der Waals surface area contributed by atoms with Crippen molar-refractivity contribution in [2.75, 3.05) is 18.4 Å². The number of aromatic amines is 1. The minimum atomic E-state index is -2.89. The molecule has 3 heterocycles. The lowest BCUT2D eigenvalue weighted by Gasteiger charge is -2.22. The number of rotatable bonds is 5. The fourth-order valence-electron chi connectivity index (χ4n) is 2.40. The van der Waals surface area contributed by atoms with E-state index in [2.05, 4.69) is 35.5 Å². The van der Waals surface area contributed by atoms with Crippen LogP contribution in [0.2, 0.25) is 0 Å². The molecule has 0 unspecified atom stereocenters. The van der Waals surface area contributed by atoms with Gasteiger partial charge in [-0.2, -0.15) is 13.9 Å². The summed E-state index contributed by atoms with van der Waals surface area (Å²) in [5.74, 6) is 1.07. The molecule has 118 valence electrons. The summed E-state index contributed by atoms with van der Waals surface area (Å²) < 4.78 is 28.4. The van der Waals surface area contributed by atoms with Crippen molar-refractivity contribution in [1.29, 1.82) is 0 Å². The molecule has 0 radical (unpaired) electrons. The van der Waals surface area contributed by atoms with Crippen LogP contribution in [0.3, 0.4) is 0 Å². The van der Waals surface area contributed by atoms with Crippen LogP contribution >= 0.6 is 0 Å². The van der Waals surface area contributed by atoms with Crippen molar-refractivity contribution in [2.45, 2.75) is 25.4 Å². The SMILES string of the molecule is FC(F)Oc1cc(Nc2cncc([C@@H]3CCCNC3)n2)n[nH]1. The summed E-state index contributed by atoms with van der Waals surface area (Å²) in [4.78, 5) is 8.67. The van der Waals surface area contributed by atoms with E-state index in [4.69, 9.17) is 0 Å². The monoisotopic (exact) mass is 310 g/mol. The fraction of sp³-hybridized carbons (Fsp3) is 0.462. The highest BCUT2D eigenvalue weighted by atomic mass is 19.3. The predicted molar refractivity (Wildman–Crippen MR) is 75.4 cm³/mol. The van der Waals surface area contributed by atoms with Gasteiger partial charge in [-0.05, 0) is 19.4 Å². The number of nitrogens with zero attached hydrogens (tertiary/aromatic N) is 3. The number of piperidine rings is 1. The average molecular weight is 310 g/mol. The van der Waals surface area contributed by atoms with Crippen LogP contribution < -0.4 is 15.4 Å². The van der Waals surface area contributed by atoms with Gasteiger partial charge in [0.1, 0.15) is 5.82 Å². The Kier molecular flexibility index (Phi) is 4.42. The van der Waals surface area contributed by atoms with E-state index in [9.17, 15) is 8.78 Å². The number of ether oxygens (including phenoxy) is 1. The second-order valence-corrected chi connectivity index (χ2v) is 4.99. The Labute approximate surface area is 125 Å². The van der Waals surface area contributed by atoms with Crippen LogP contribution in [0.4, 0.5) is 20.4 Å². The van der Waals surface area contributed by atoms with Crippen molar-refractivity contribution in [1.82, 2.24) is 25.5 Å². The van der Waals surface area contributed by atoms with Crippen molar-refractivity contribution < 1.29 is 13.5 Å². The molecule has 3 rings (SSSR count). The molecular formula is C13H16F2N6O. The smallest absolute Gasteiger partial charge is 0.388 e. The molecule has 1 aliphatic rings. The van der Waals surface area contributed by atoms with Gasteiger partial charge in [0, 0.05) is 24.7 Å². The lowest BCUT2D eigenvalue weighted by molar-refractivity contribution is -0.0528. The lowest BCUT2D eigenvalue weighted by Crippen LogP contribution is -2.29. The third kappa shape index (κ3) is 3.67. The van der Waals surface area contributed by atoms with Crippen LogP contribution in [0.25, 0.3) is 0 Å². The molecule has 2 aromatic rings. The molecule has 9 heteroatoms. The van der Waals surface area contributed by atoms with Gasteiger partial charge in [-0.1, -0.05) is 0 Å². The molecule has 0 saturated carbocycles. The highest BCUT2D eigenvalue weighted by molar-refractivity contribution is 5.51. The maximum absolute atomic E-state index is 12.1. The number of hydrogen-bond acceptors (Lipinski definition) is 6. The van der Waals surface area contributed by atoms with Crippen molar-refractivity contribution in [3.05, 3.63) is 24.2 Å². The number of H-pyrrole nitrogens is 1. The van der Waals surface area contributed by atoms with Gasteiger partial charge in [-0.25, -0.2) is 10.1 Å². The molecular weight excluding hydrogens is 294 g/mol. The Bertz CT molecular complexity index is 614. The molecule has 0 bridgehead atoms. The number of aromatic nitrogens is 4. The first-order valence-electron chi connectivity index (χ1n) is 7.00. The van der Waals surface area contributed by atoms with Gasteiger partial charge in [-0.15, -0.1) is 0 Å². The van der Waals surface area contributed by atoms with E-state index in [-0.39, 0.29) is 5.88 Å². The molecule has 0 aromatic carbocycles. The lowest BCUT2D eigenvalue weighted by atomic mass is 9.96. The van der Waals surface area contributed by atoms with Gasteiger partial charge >= 0.3 is 6.61 Å². The topological polar surface area (TPSA) is 87.8 Å². The molecule has 0 spiro atoms. The Balaban J connectivity index is 1.68. The molecule has 22 heavy (non-hydrogen) atoms. The first-order chi connectivity index (χ1) is 10.7. The van der Waals surface area contributed by atoms with Gasteiger partial charge < -0.3 is 15.4 Å². The molecule has 1 aliphatic heterocycles. The summed E-state index contributed by atoms with van der Waals surface area (Å²) in [5.41, 5.74) is 0.900. The summed E-state index contributed by atoms with van der Waals surface area (Å²) in [6, 6.07) is 1.34. The highest BCUT2D eigenvalue weighted by Gasteiger charge is 2.17. The van der Waals surface area contributed by atoms with Gasteiger partial charge in [-0.3, -0.25) is 4.98 Å². The number of halogens is 2. The third-order valence-electron chi connectivity index (χ3n) is 3.39. The Morgan fingerprint density at radius 1 is 1.32 bits per heavy atom. The summed E-state index contributed by atoms with van der Waals surface area (Å²) >= 11 is 0. The largest absolute Gasteiger partial charge is 0.417 e. The molecule has 1 fully saturated rings. The van der Waals surface area contributed by atoms with E-state index in [0.29, 0.717) is 17.6 Å². The van der Waals surface area contributed by atoms with E-state index in [0.717, 1.165) is 31.6 Å². The minimum Gasteiger partial charge on any atom is -0.417 e. The normalized spacial score (nSPS) is 18.4. The number of anilines is 2. The standard InChI is InChI=1S/C13H16F2N6O/c14-13(15)22-12-4-10(20-21-12)19-11-7-17-6-9(18-11)8-2-1-3-16-5-8/h4,6-8,13,16H,1-3,5H2,(H2,18,19,20,21)/t8-/m1/s1. The summed E-state index contributed by atoms with van der Waals surface area (Å²) in [6.45, 7) is -0.982. The average Bonchev–Trinajstić information content (AvgIpc) is 2.94. The van der Waals surface area contributed by atoms with Crippen LogP contribution in [0.15, 0.2) is 18.5 Å². The number of nitrogens with one attached hydrogen (secondary N) is 3. The van der Waals surface area contributed by atoms with Crippen molar-refractivity contribution in [2.24, 2.45) is 0 Å². The van der Waals surface area contributed by atoms with Gasteiger partial charge in [0.2, 0.25) is 5.88 Å². The van der Waals surface area contributed by atoms with Gasteiger partial charge in [0.05, 0.1) is 11.9 Å². The van der Waals surface area contributed by atoms with Crippen LogP contribution in [-0.4, -0.2) is 39.9 Å². The summed E-state index contributed by atoms with van der Waals surface area (Å²) in [7, 11) is 0. The van der Waals surface area contributed by atoms with Crippen LogP contribution in [0.1, 0.15) is 24.5 Å². The zero-order chi connectivity index (χ0) is 15.4. The zero-order valence-electron chi connectivity index (χ0n) is 11.7. The van der Waals surface area contributed by atoms with E-state index in [1.807, 2.05) is 0 Å². The minimum absolute atomic E-state index is 0.113. The molecule has 0 amide bonds. The Hall–Kier alpha value is -2.29. The van der Waals surface area contributed by atoms with E-state index >= 15 is 0 Å². The van der Waals surface area contributed by atoms with E-state index in [1.54, 1.807) is 12.4 Å². The van der Waals surface area contributed by atoms with Crippen molar-refractivity contribution >= 4 is 11.6 Å². The molecule has 1 atom stereocenters. The van der Waals surface area contributed by atoms with E-state index in [1.165, 1.54) is 6.07 Å². The zero-order valence-corrected chi connectivity index (χ0v) is 11.7. The second-order valence-electron chi connectivity index (χ2n) is 4.99. The van der Waals surface area contributed by atoms with Crippen LogP contribution in [0.5, 0.6) is 5.88 Å². The second kappa shape index (κ2) is 6.65. The Morgan fingerprint density at radius 2 is 2.23 bits per heavy atom. The fourth-order valence-corrected chi connectivity index (χ4v) is 2.40. The van der Waals surface area contributed by atoms with Crippen molar-refractivity contribution in [3.8, 4) is 5.88 Å². The highest BCUT2D eigenvalue weighted by Crippen LogP contribution is 2.23. The molecule has 7 nitrogen and oxygen atoms in total. The van der Waals surface area contributed by atoms with Crippen molar-refractivity contribution in [3.63, 3.8) is 0 Å². The van der Waals surface area contributed by atoms with E-state index < -0.39 is 6.61 Å². The quantitative estimate of drug-likeness (QED) is 0.783. The number of alkyl halides is 2. The van der Waals surface area contributed by atoms with Gasteiger partial charge in [0.15, 0.2) is 5.82 Å².